The number of carbonyl (C=O) groups is 1. The number of amides is 2. The third kappa shape index (κ3) is 3.62. The lowest BCUT2D eigenvalue weighted by molar-refractivity contribution is 0.246. The Balaban J connectivity index is 1.64. The molecule has 1 heterocycles. The zero-order valence-electron chi connectivity index (χ0n) is 13.4. The Morgan fingerprint density at radius 3 is 2.71 bits per heavy atom. The molecule has 0 aliphatic carbocycles. The number of carbonyl (C=O) groups excluding carboxylic acids is 1. The number of hydrogen-bond donors (Lipinski definition) is 2. The molecule has 7 heteroatoms. The Morgan fingerprint density at radius 1 is 1.17 bits per heavy atom. The minimum atomic E-state index is -0.276. The molecule has 2 aromatic carbocycles. The van der Waals surface area contributed by atoms with Crippen molar-refractivity contribution in [2.24, 2.45) is 0 Å². The van der Waals surface area contributed by atoms with Gasteiger partial charge in [-0.15, -0.1) is 0 Å². The topological polar surface area (TPSA) is 70.4 Å². The first-order valence-electron chi connectivity index (χ1n) is 7.45. The minimum Gasteiger partial charge on any atom is -0.377 e. The molecule has 2 N–H and O–H groups in total. The average Bonchev–Trinajstić information content (AvgIpc) is 3.02. The van der Waals surface area contributed by atoms with Gasteiger partial charge in [0, 0.05) is 32.6 Å². The molecule has 1 aromatic heterocycles. The van der Waals surface area contributed by atoms with Crippen molar-refractivity contribution in [2.45, 2.75) is 11.6 Å². The van der Waals surface area contributed by atoms with Gasteiger partial charge < -0.3 is 14.7 Å². The predicted octanol–water partition coefficient (Wildman–Crippen LogP) is 3.40. The highest BCUT2D eigenvalue weighted by Gasteiger charge is 2.15. The number of aromatic nitrogens is 1. The molecule has 0 aliphatic rings. The van der Waals surface area contributed by atoms with E-state index >= 15 is 0 Å². The number of anilines is 1. The van der Waals surface area contributed by atoms with Crippen LogP contribution in [-0.4, -0.2) is 25.3 Å². The molecule has 0 radical (unpaired) electrons. The predicted molar refractivity (Wildman–Crippen MR) is 96.0 cm³/mol. The van der Waals surface area contributed by atoms with E-state index in [-0.39, 0.29) is 6.03 Å². The van der Waals surface area contributed by atoms with Gasteiger partial charge >= 0.3 is 6.03 Å². The van der Waals surface area contributed by atoms with Gasteiger partial charge in [-0.2, -0.15) is 0 Å². The lowest BCUT2D eigenvalue weighted by Crippen LogP contribution is -2.30. The maximum Gasteiger partial charge on any atom is 0.325 e. The molecule has 0 unspecified atom stereocenters. The molecule has 24 heavy (non-hydrogen) atoms. The summed E-state index contributed by atoms with van der Waals surface area (Å²) in [4.78, 5) is 13.9. The highest BCUT2D eigenvalue weighted by molar-refractivity contribution is 7.98. The van der Waals surface area contributed by atoms with Crippen LogP contribution in [0.3, 0.4) is 0 Å². The van der Waals surface area contributed by atoms with Crippen molar-refractivity contribution in [1.29, 1.82) is 0 Å². The summed E-state index contributed by atoms with van der Waals surface area (Å²) < 4.78 is 8.07. The van der Waals surface area contributed by atoms with E-state index in [2.05, 4.69) is 15.2 Å². The van der Waals surface area contributed by atoms with Crippen LogP contribution in [0.15, 0.2) is 58.1 Å². The third-order valence-electron chi connectivity index (χ3n) is 3.46. The van der Waals surface area contributed by atoms with E-state index in [0.29, 0.717) is 17.2 Å². The summed E-state index contributed by atoms with van der Waals surface area (Å²) in [6.45, 7) is 0.468. The second kappa shape index (κ2) is 7.27. The molecule has 2 amide bonds. The number of urea groups is 1. The molecule has 3 aromatic rings. The highest BCUT2D eigenvalue weighted by Crippen LogP contribution is 2.33. The molecule has 0 bridgehead atoms. The molecule has 3 rings (SSSR count). The smallest absolute Gasteiger partial charge is 0.325 e. The highest BCUT2D eigenvalue weighted by atomic mass is 32.2. The standard InChI is InChI=1S/C17H18N4O2S/c1-21(2)13-9-6-10-14-15(13)16(19-23-14)24-20-17(22)18-11-12-7-4-3-5-8-12/h3-10H,11H2,1-2H3,(H2,18,20,22). The molecular weight excluding hydrogens is 324 g/mol. The van der Waals surface area contributed by atoms with Gasteiger partial charge in [-0.1, -0.05) is 41.6 Å². The van der Waals surface area contributed by atoms with Crippen LogP contribution in [-0.2, 0) is 6.54 Å². The molecule has 6 nitrogen and oxygen atoms in total. The van der Waals surface area contributed by atoms with Crippen LogP contribution in [0.4, 0.5) is 10.5 Å². The summed E-state index contributed by atoms with van der Waals surface area (Å²) in [5.74, 6) is 0. The van der Waals surface area contributed by atoms with Crippen LogP contribution in [0, 0.1) is 0 Å². The van der Waals surface area contributed by atoms with E-state index in [0.717, 1.165) is 28.6 Å². The second-order valence-electron chi connectivity index (χ2n) is 5.40. The first kappa shape index (κ1) is 16.2. The normalized spacial score (nSPS) is 10.6. The molecule has 0 saturated carbocycles. The molecular formula is C17H18N4O2S. The fourth-order valence-corrected chi connectivity index (χ4v) is 2.94. The van der Waals surface area contributed by atoms with Gasteiger partial charge in [0.1, 0.15) is 0 Å². The zero-order chi connectivity index (χ0) is 16.9. The van der Waals surface area contributed by atoms with Crippen molar-refractivity contribution in [3.8, 4) is 0 Å². The van der Waals surface area contributed by atoms with Crippen LogP contribution < -0.4 is 14.9 Å². The summed E-state index contributed by atoms with van der Waals surface area (Å²) in [7, 11) is 3.91. The van der Waals surface area contributed by atoms with Crippen LogP contribution >= 0.6 is 11.9 Å². The van der Waals surface area contributed by atoms with E-state index in [1.54, 1.807) is 0 Å². The first-order chi connectivity index (χ1) is 11.6. The Hall–Kier alpha value is -2.67. The molecule has 124 valence electrons. The summed E-state index contributed by atoms with van der Waals surface area (Å²) in [5, 5.41) is 8.37. The molecule has 0 atom stereocenters. The van der Waals surface area contributed by atoms with Crippen molar-refractivity contribution in [1.82, 2.24) is 15.2 Å². The lowest BCUT2D eigenvalue weighted by atomic mass is 10.2. The summed E-state index contributed by atoms with van der Waals surface area (Å²) in [6.07, 6.45) is 0. The first-order valence-corrected chi connectivity index (χ1v) is 8.27. The quantitative estimate of drug-likeness (QED) is 0.696. The van der Waals surface area contributed by atoms with Crippen molar-refractivity contribution in [3.05, 3.63) is 54.1 Å². The van der Waals surface area contributed by atoms with E-state index in [1.807, 2.05) is 67.5 Å². The van der Waals surface area contributed by atoms with Gasteiger partial charge in [-0.25, -0.2) is 4.79 Å². The van der Waals surface area contributed by atoms with Gasteiger partial charge in [0.15, 0.2) is 10.6 Å². The molecule has 0 saturated heterocycles. The lowest BCUT2D eigenvalue weighted by Gasteiger charge is -2.13. The number of benzene rings is 2. The Labute approximate surface area is 144 Å². The van der Waals surface area contributed by atoms with E-state index < -0.39 is 0 Å². The second-order valence-corrected chi connectivity index (χ2v) is 6.20. The van der Waals surface area contributed by atoms with E-state index in [9.17, 15) is 4.79 Å². The third-order valence-corrected chi connectivity index (χ3v) is 4.22. The van der Waals surface area contributed by atoms with Crippen molar-refractivity contribution in [2.75, 3.05) is 19.0 Å². The Kier molecular flexibility index (Phi) is 4.90. The summed E-state index contributed by atoms with van der Waals surface area (Å²) in [5.41, 5.74) is 2.72. The molecule has 0 fully saturated rings. The van der Waals surface area contributed by atoms with E-state index in [4.69, 9.17) is 4.52 Å². The number of rotatable bonds is 5. The van der Waals surface area contributed by atoms with Gasteiger partial charge in [-0.05, 0) is 17.7 Å². The largest absolute Gasteiger partial charge is 0.377 e. The van der Waals surface area contributed by atoms with Crippen LogP contribution in [0.1, 0.15) is 5.56 Å². The maximum absolute atomic E-state index is 12.0. The Morgan fingerprint density at radius 2 is 1.96 bits per heavy atom. The number of nitrogens with one attached hydrogen (secondary N) is 2. The zero-order valence-corrected chi connectivity index (χ0v) is 14.3. The van der Waals surface area contributed by atoms with Gasteiger partial charge in [0.2, 0.25) is 0 Å². The van der Waals surface area contributed by atoms with Crippen LogP contribution in [0.2, 0.25) is 0 Å². The van der Waals surface area contributed by atoms with Crippen LogP contribution in [0.25, 0.3) is 11.0 Å². The average molecular weight is 342 g/mol. The van der Waals surface area contributed by atoms with Gasteiger partial charge in [-0.3, -0.25) is 4.72 Å². The van der Waals surface area contributed by atoms with Gasteiger partial charge in [0.05, 0.1) is 11.1 Å². The van der Waals surface area contributed by atoms with Crippen molar-refractivity contribution < 1.29 is 9.32 Å². The number of fused-ring (bicyclic) bond motifs is 1. The van der Waals surface area contributed by atoms with Crippen LogP contribution in [0.5, 0.6) is 0 Å². The molecule has 0 aliphatic heterocycles. The number of hydrogen-bond acceptors (Lipinski definition) is 5. The van der Waals surface area contributed by atoms with Crippen molar-refractivity contribution >= 4 is 34.6 Å². The Bertz CT molecular complexity index is 833. The van der Waals surface area contributed by atoms with E-state index in [1.165, 1.54) is 0 Å². The monoisotopic (exact) mass is 342 g/mol. The number of nitrogens with zero attached hydrogens (tertiary/aromatic N) is 2. The minimum absolute atomic E-state index is 0.276. The molecule has 0 spiro atoms. The summed E-state index contributed by atoms with van der Waals surface area (Å²) >= 11 is 1.14. The van der Waals surface area contributed by atoms with Crippen molar-refractivity contribution in [3.63, 3.8) is 0 Å². The SMILES string of the molecule is CN(C)c1cccc2onc(SNC(=O)NCc3ccccc3)c12. The summed E-state index contributed by atoms with van der Waals surface area (Å²) in [6, 6.07) is 15.2. The van der Waals surface area contributed by atoms with Gasteiger partial charge in [0.25, 0.3) is 0 Å². The maximum atomic E-state index is 12.0. The fourth-order valence-electron chi connectivity index (χ4n) is 2.30. The fraction of sp³-hybridized carbons (Fsp3) is 0.176.